The number of carbonyl (C=O) groups excluding carboxylic acids is 1. The lowest BCUT2D eigenvalue weighted by molar-refractivity contribution is -0.385. The van der Waals surface area contributed by atoms with Crippen molar-refractivity contribution in [2.75, 3.05) is 34.0 Å². The van der Waals surface area contributed by atoms with Gasteiger partial charge in [0, 0.05) is 6.08 Å². The molecule has 19 heteroatoms. The first-order valence-corrected chi connectivity index (χ1v) is 17.4. The Kier molecular flexibility index (Phi) is 14.7. The van der Waals surface area contributed by atoms with Crippen LogP contribution in [0.5, 0.6) is 23.0 Å². The first-order valence-electron chi connectivity index (χ1n) is 17.4. The molecule has 3 fully saturated rings. The maximum Gasteiger partial charge on any atom is 0.331 e. The van der Waals surface area contributed by atoms with E-state index >= 15 is 0 Å². The highest BCUT2D eigenvalue weighted by atomic mass is 16.8. The summed E-state index contributed by atoms with van der Waals surface area (Å²) >= 11 is 0. The lowest BCUT2D eigenvalue weighted by Crippen LogP contribution is -2.67. The van der Waals surface area contributed by atoms with Crippen LogP contribution in [0, 0.1) is 0 Å². The molecule has 0 amide bonds. The predicted octanol–water partition coefficient (Wildman–Crippen LogP) is -1.95. The molecule has 3 aliphatic heterocycles. The van der Waals surface area contributed by atoms with E-state index in [1.807, 2.05) is 0 Å². The average Bonchev–Trinajstić information content (AvgIpc) is 3.17. The van der Waals surface area contributed by atoms with Crippen molar-refractivity contribution >= 4 is 12.0 Å². The smallest absolute Gasteiger partial charge is 0.331 e. The lowest BCUT2D eigenvalue weighted by atomic mass is 9.96. The van der Waals surface area contributed by atoms with Crippen molar-refractivity contribution < 1.29 is 93.4 Å². The molecule has 55 heavy (non-hydrogen) atoms. The van der Waals surface area contributed by atoms with E-state index < -0.39 is 105 Å². The van der Waals surface area contributed by atoms with Crippen molar-refractivity contribution in [3.05, 3.63) is 53.6 Å². The van der Waals surface area contributed by atoms with Gasteiger partial charge in [0.1, 0.15) is 54.9 Å². The van der Waals surface area contributed by atoms with Gasteiger partial charge in [0.2, 0.25) is 0 Å². The van der Waals surface area contributed by atoms with Crippen LogP contribution in [0.2, 0.25) is 0 Å². The molecule has 2 aromatic carbocycles. The summed E-state index contributed by atoms with van der Waals surface area (Å²) in [5.74, 6) is -0.867. The van der Waals surface area contributed by atoms with Crippen molar-refractivity contribution in [3.63, 3.8) is 0 Å². The number of ether oxygens (including phenoxy) is 9. The first kappa shape index (κ1) is 42.5. The Labute approximate surface area is 315 Å². The maximum absolute atomic E-state index is 13.4. The molecule has 0 radical (unpaired) electrons. The number of aliphatic hydroxyl groups is 7. The van der Waals surface area contributed by atoms with Crippen molar-refractivity contribution in [2.45, 2.75) is 99.4 Å². The number of hydrogen-bond acceptors (Lipinski definition) is 19. The second-order valence-corrected chi connectivity index (χ2v) is 13.2. The highest BCUT2D eigenvalue weighted by molar-refractivity contribution is 5.87. The molecule has 19 nitrogen and oxygen atoms in total. The van der Waals surface area contributed by atoms with E-state index in [1.165, 1.54) is 51.5 Å². The Hall–Kier alpha value is -3.67. The summed E-state index contributed by atoms with van der Waals surface area (Å²) in [4.78, 5) is 13.4. The highest BCUT2D eigenvalue weighted by Crippen LogP contribution is 2.35. The molecule has 14 atom stereocenters. The van der Waals surface area contributed by atoms with E-state index in [0.717, 1.165) is 6.08 Å². The summed E-state index contributed by atoms with van der Waals surface area (Å²) in [7, 11) is 2.75. The molecule has 0 aliphatic carbocycles. The monoisotopic (exact) mass is 784 g/mol. The van der Waals surface area contributed by atoms with Crippen LogP contribution in [0.1, 0.15) is 18.1 Å². The van der Waals surface area contributed by atoms with Crippen LogP contribution in [0.4, 0.5) is 0 Å². The highest BCUT2D eigenvalue weighted by Gasteiger charge is 2.55. The summed E-state index contributed by atoms with van der Waals surface area (Å²) in [5.41, 5.74) is 1.05. The van der Waals surface area contributed by atoms with Gasteiger partial charge in [0.25, 0.3) is 0 Å². The van der Waals surface area contributed by atoms with Crippen LogP contribution in [0.25, 0.3) is 6.08 Å². The van der Waals surface area contributed by atoms with Crippen LogP contribution in [0.15, 0.2) is 42.5 Å². The predicted molar refractivity (Wildman–Crippen MR) is 183 cm³/mol. The quantitative estimate of drug-likeness (QED) is 0.0744. The summed E-state index contributed by atoms with van der Waals surface area (Å²) in [6.07, 6.45) is -19.8. The number of methoxy groups -OCH3 is 2. The Bertz CT molecular complexity index is 1590. The molecular formula is C36H48O19. The number of esters is 1. The number of rotatable bonds is 14. The van der Waals surface area contributed by atoms with Crippen molar-refractivity contribution in [1.29, 1.82) is 0 Å². The minimum atomic E-state index is -1.86. The lowest BCUT2D eigenvalue weighted by Gasteiger charge is -2.49. The van der Waals surface area contributed by atoms with E-state index in [-0.39, 0.29) is 36.0 Å². The van der Waals surface area contributed by atoms with Gasteiger partial charge >= 0.3 is 5.97 Å². The number of hydrogen-bond donors (Lipinski definition) is 9. The van der Waals surface area contributed by atoms with Crippen LogP contribution in [-0.4, -0.2) is 172 Å². The van der Waals surface area contributed by atoms with Crippen molar-refractivity contribution in [2.24, 2.45) is 0 Å². The molecule has 3 heterocycles. The molecule has 2 aromatic rings. The molecule has 9 N–H and O–H groups in total. The molecule has 5 rings (SSSR count). The summed E-state index contributed by atoms with van der Waals surface area (Å²) in [5, 5.41) is 93.8. The zero-order valence-electron chi connectivity index (χ0n) is 30.1. The van der Waals surface area contributed by atoms with E-state index in [4.69, 9.17) is 42.6 Å². The third kappa shape index (κ3) is 10.0. The fraction of sp³-hybridized carbons (Fsp3) is 0.583. The van der Waals surface area contributed by atoms with Crippen LogP contribution in [-0.2, 0) is 44.4 Å². The fourth-order valence-corrected chi connectivity index (χ4v) is 6.26. The maximum atomic E-state index is 13.4. The van der Waals surface area contributed by atoms with E-state index in [2.05, 4.69) is 0 Å². The Morgan fingerprint density at radius 1 is 0.782 bits per heavy atom. The third-order valence-electron chi connectivity index (χ3n) is 9.40. The number of phenolic OH excluding ortho intramolecular Hbond substituents is 2. The average molecular weight is 785 g/mol. The normalized spacial score (nSPS) is 35.4. The molecule has 0 unspecified atom stereocenters. The zero-order valence-corrected chi connectivity index (χ0v) is 30.1. The first-order chi connectivity index (χ1) is 26.3. The molecule has 0 bridgehead atoms. The van der Waals surface area contributed by atoms with Crippen molar-refractivity contribution in [1.82, 2.24) is 0 Å². The Morgan fingerprint density at radius 3 is 2.18 bits per heavy atom. The zero-order chi connectivity index (χ0) is 40.0. The minimum Gasteiger partial charge on any atom is -0.504 e. The van der Waals surface area contributed by atoms with Gasteiger partial charge < -0.3 is 88.6 Å². The van der Waals surface area contributed by atoms with Crippen LogP contribution < -0.4 is 9.47 Å². The summed E-state index contributed by atoms with van der Waals surface area (Å²) < 4.78 is 51.6. The molecule has 0 aromatic heterocycles. The molecule has 0 spiro atoms. The molecular weight excluding hydrogens is 736 g/mol. The second kappa shape index (κ2) is 19.0. The van der Waals surface area contributed by atoms with Crippen LogP contribution >= 0.6 is 0 Å². The topological polar surface area (TPSA) is 282 Å². The van der Waals surface area contributed by atoms with E-state index in [1.54, 1.807) is 12.1 Å². The number of phenols is 2. The SMILES string of the molecule is COc1ccc(CCO[C@@H]2O[C@H](CO)[C@@H](OC(=O)C=Cc3ccc(O)c(OC)c3)[C@H](O[C@@H]3O[C@@H](C)[C@H](O)[C@@H](O)[C@H]3O)[C@H]2O[C@H]2OC[C@@H](O)[C@@H](O)[C@@H]2O)cc1O. The van der Waals surface area contributed by atoms with Gasteiger partial charge in [-0.2, -0.15) is 0 Å². The summed E-state index contributed by atoms with van der Waals surface area (Å²) in [6.45, 7) is 0.0251. The standard InChI is InChI=1S/C36H48O19/c1-16-26(42)28(44)30(46)35(51-16)54-32-31(53-25(41)9-6-17-4-7-19(38)23(13-17)48-3)24(14-37)52-36(33(32)55-34-29(45)27(43)21(40)15-50-34)49-11-10-18-5-8-22(47-2)20(39)12-18/h4-9,12-13,16,21,24,26-40,42-46H,10-11,14-15H2,1-3H3/t16-,21+,24+,26-,27+,28+,29-,30+,31+,32-,33+,34+,35-,36+/m0/s1. The second-order valence-electron chi connectivity index (χ2n) is 13.2. The van der Waals surface area contributed by atoms with Gasteiger partial charge in [-0.25, -0.2) is 4.79 Å². The van der Waals surface area contributed by atoms with Gasteiger partial charge in [-0.1, -0.05) is 12.1 Å². The van der Waals surface area contributed by atoms with Crippen LogP contribution in [0.3, 0.4) is 0 Å². The number of aliphatic hydroxyl groups excluding tert-OH is 7. The molecule has 306 valence electrons. The minimum absolute atomic E-state index is 0.121. The van der Waals surface area contributed by atoms with Gasteiger partial charge in [0.05, 0.1) is 40.1 Å². The number of aromatic hydroxyl groups is 2. The van der Waals surface area contributed by atoms with Gasteiger partial charge in [-0.05, 0) is 54.8 Å². The van der Waals surface area contributed by atoms with Gasteiger partial charge in [-0.3, -0.25) is 0 Å². The van der Waals surface area contributed by atoms with Crippen molar-refractivity contribution in [3.8, 4) is 23.0 Å². The molecule has 3 saturated heterocycles. The van der Waals surface area contributed by atoms with Gasteiger partial charge in [-0.15, -0.1) is 0 Å². The molecule has 0 saturated carbocycles. The number of carbonyl (C=O) groups is 1. The van der Waals surface area contributed by atoms with E-state index in [0.29, 0.717) is 11.1 Å². The van der Waals surface area contributed by atoms with Gasteiger partial charge in [0.15, 0.2) is 48.0 Å². The number of benzene rings is 2. The fourth-order valence-electron chi connectivity index (χ4n) is 6.26. The molecule has 3 aliphatic rings. The summed E-state index contributed by atoms with van der Waals surface area (Å²) in [6, 6.07) is 8.99. The third-order valence-corrected chi connectivity index (χ3v) is 9.40. The Morgan fingerprint density at radius 2 is 1.49 bits per heavy atom. The Balaban J connectivity index is 1.47. The van der Waals surface area contributed by atoms with E-state index in [9.17, 15) is 50.8 Å². The largest absolute Gasteiger partial charge is 0.504 e.